The second-order valence-electron chi connectivity index (χ2n) is 7.52. The Bertz CT molecular complexity index is 232. The molecule has 2 nitrogen and oxygen atoms in total. The lowest BCUT2D eigenvalue weighted by atomic mass is 9.77. The van der Waals surface area contributed by atoms with Crippen molar-refractivity contribution in [3.05, 3.63) is 0 Å². The summed E-state index contributed by atoms with van der Waals surface area (Å²) in [4.78, 5) is 2.70. The van der Waals surface area contributed by atoms with Crippen LogP contribution in [0, 0.1) is 11.3 Å². The molecule has 0 saturated carbocycles. The Morgan fingerprint density at radius 3 is 2.53 bits per heavy atom. The lowest BCUT2D eigenvalue weighted by molar-refractivity contribution is 0.207. The maximum absolute atomic E-state index is 3.32. The molecule has 0 radical (unpaired) electrons. The molecule has 0 aliphatic carbocycles. The predicted octanol–water partition coefficient (Wildman–Crippen LogP) is 3.91. The molecule has 1 rings (SSSR count). The predicted molar refractivity (Wildman–Crippen MR) is 85.6 cm³/mol. The Kier molecular flexibility index (Phi) is 7.38. The fraction of sp³-hybridized carbons (Fsp3) is 1.00. The summed E-state index contributed by atoms with van der Waals surface area (Å²) in [5.74, 6) is 0.918. The molecule has 1 aliphatic rings. The van der Waals surface area contributed by atoms with Crippen LogP contribution in [0.5, 0.6) is 0 Å². The zero-order chi connectivity index (χ0) is 14.3. The highest BCUT2D eigenvalue weighted by atomic mass is 15.1. The van der Waals surface area contributed by atoms with Crippen LogP contribution in [-0.4, -0.2) is 37.6 Å². The van der Waals surface area contributed by atoms with E-state index in [0.29, 0.717) is 11.5 Å². The van der Waals surface area contributed by atoms with Crippen LogP contribution in [0.15, 0.2) is 0 Å². The third-order valence-electron chi connectivity index (χ3n) is 4.90. The minimum Gasteiger partial charge on any atom is -0.317 e. The quantitative estimate of drug-likeness (QED) is 0.735. The molecule has 1 heterocycles. The second-order valence-corrected chi connectivity index (χ2v) is 7.52. The topological polar surface area (TPSA) is 15.3 Å². The molecule has 0 aromatic rings. The molecule has 19 heavy (non-hydrogen) atoms. The molecule has 1 saturated heterocycles. The van der Waals surface area contributed by atoms with Crippen LogP contribution >= 0.6 is 0 Å². The van der Waals surface area contributed by atoms with Gasteiger partial charge in [0.2, 0.25) is 0 Å². The van der Waals surface area contributed by atoms with Crippen molar-refractivity contribution < 1.29 is 0 Å². The van der Waals surface area contributed by atoms with Crippen molar-refractivity contribution in [3.63, 3.8) is 0 Å². The van der Waals surface area contributed by atoms with Crippen molar-refractivity contribution in [3.8, 4) is 0 Å². The Morgan fingerprint density at radius 1 is 1.16 bits per heavy atom. The highest BCUT2D eigenvalue weighted by Crippen LogP contribution is 2.34. The summed E-state index contributed by atoms with van der Waals surface area (Å²) in [5, 5.41) is 3.32. The zero-order valence-electron chi connectivity index (χ0n) is 14.0. The van der Waals surface area contributed by atoms with Crippen molar-refractivity contribution in [1.29, 1.82) is 0 Å². The van der Waals surface area contributed by atoms with Gasteiger partial charge in [-0.25, -0.2) is 0 Å². The summed E-state index contributed by atoms with van der Waals surface area (Å²) >= 11 is 0. The Balaban J connectivity index is 2.19. The van der Waals surface area contributed by atoms with Gasteiger partial charge >= 0.3 is 0 Å². The first-order chi connectivity index (χ1) is 8.93. The number of hydrogen-bond donors (Lipinski definition) is 1. The third kappa shape index (κ3) is 6.76. The first-order valence-electron chi connectivity index (χ1n) is 8.33. The molecule has 0 aromatic carbocycles. The van der Waals surface area contributed by atoms with Crippen molar-refractivity contribution in [2.75, 3.05) is 26.7 Å². The molecule has 0 aromatic heterocycles. The van der Waals surface area contributed by atoms with E-state index >= 15 is 0 Å². The van der Waals surface area contributed by atoms with Gasteiger partial charge in [-0.1, -0.05) is 27.2 Å². The van der Waals surface area contributed by atoms with E-state index in [2.05, 4.69) is 45.0 Å². The molecule has 2 unspecified atom stereocenters. The number of nitrogens with zero attached hydrogens (tertiary/aromatic N) is 1. The van der Waals surface area contributed by atoms with Gasteiger partial charge in [0.25, 0.3) is 0 Å². The highest BCUT2D eigenvalue weighted by molar-refractivity contribution is 4.78. The number of nitrogens with one attached hydrogen (secondary N) is 1. The van der Waals surface area contributed by atoms with Gasteiger partial charge in [-0.3, -0.25) is 0 Å². The SMILES string of the molecule is CNC(C)CCCCN1CCCC(C(C)(C)C)CC1. The average molecular weight is 268 g/mol. The lowest BCUT2D eigenvalue weighted by Gasteiger charge is -2.29. The van der Waals surface area contributed by atoms with E-state index in [-0.39, 0.29) is 0 Å². The number of rotatable bonds is 6. The van der Waals surface area contributed by atoms with Crippen molar-refractivity contribution >= 4 is 0 Å². The first kappa shape index (κ1) is 17.0. The van der Waals surface area contributed by atoms with Gasteiger partial charge in [0, 0.05) is 6.04 Å². The lowest BCUT2D eigenvalue weighted by Crippen LogP contribution is -2.27. The van der Waals surface area contributed by atoms with Crippen molar-refractivity contribution in [2.45, 2.75) is 72.3 Å². The van der Waals surface area contributed by atoms with Crippen LogP contribution < -0.4 is 5.32 Å². The minimum absolute atomic E-state index is 0.498. The van der Waals surface area contributed by atoms with Crippen LogP contribution in [0.2, 0.25) is 0 Å². The summed E-state index contributed by atoms with van der Waals surface area (Å²) in [7, 11) is 2.06. The van der Waals surface area contributed by atoms with E-state index in [9.17, 15) is 0 Å². The molecule has 0 bridgehead atoms. The Hall–Kier alpha value is -0.0800. The van der Waals surface area contributed by atoms with Gasteiger partial charge < -0.3 is 10.2 Å². The normalized spacial score (nSPS) is 24.2. The largest absolute Gasteiger partial charge is 0.317 e. The summed E-state index contributed by atoms with van der Waals surface area (Å²) in [6.07, 6.45) is 8.27. The van der Waals surface area contributed by atoms with E-state index in [1.807, 2.05) is 0 Å². The van der Waals surface area contributed by atoms with Gasteiger partial charge in [-0.05, 0) is 77.0 Å². The molecule has 114 valence electrons. The van der Waals surface area contributed by atoms with Crippen LogP contribution in [0.4, 0.5) is 0 Å². The fourth-order valence-electron chi connectivity index (χ4n) is 3.18. The standard InChI is InChI=1S/C17H36N2/c1-15(18-5)9-6-7-12-19-13-8-10-16(11-14-19)17(2,3)4/h15-16,18H,6-14H2,1-5H3. The summed E-state index contributed by atoms with van der Waals surface area (Å²) in [6.45, 7) is 13.5. The molecule has 1 fully saturated rings. The first-order valence-corrected chi connectivity index (χ1v) is 8.33. The molecule has 1 N–H and O–H groups in total. The van der Waals surface area contributed by atoms with E-state index < -0.39 is 0 Å². The second kappa shape index (κ2) is 8.26. The van der Waals surface area contributed by atoms with Crippen LogP contribution in [0.3, 0.4) is 0 Å². The van der Waals surface area contributed by atoms with Gasteiger partial charge in [0.05, 0.1) is 0 Å². The molecule has 0 amide bonds. The molecule has 2 heteroatoms. The molecular weight excluding hydrogens is 232 g/mol. The maximum Gasteiger partial charge on any atom is 0.00357 e. The van der Waals surface area contributed by atoms with Gasteiger partial charge in [-0.15, -0.1) is 0 Å². The fourth-order valence-corrected chi connectivity index (χ4v) is 3.18. The molecule has 2 atom stereocenters. The van der Waals surface area contributed by atoms with Crippen LogP contribution in [0.25, 0.3) is 0 Å². The number of unbranched alkanes of at least 4 members (excludes halogenated alkanes) is 1. The summed E-state index contributed by atoms with van der Waals surface area (Å²) in [5.41, 5.74) is 0.498. The maximum atomic E-state index is 3.32. The molecule has 0 spiro atoms. The summed E-state index contributed by atoms with van der Waals surface area (Å²) < 4.78 is 0. The van der Waals surface area contributed by atoms with Crippen LogP contribution in [0.1, 0.15) is 66.2 Å². The van der Waals surface area contributed by atoms with Crippen molar-refractivity contribution in [1.82, 2.24) is 10.2 Å². The number of hydrogen-bond acceptors (Lipinski definition) is 2. The van der Waals surface area contributed by atoms with E-state index in [0.717, 1.165) is 5.92 Å². The highest BCUT2D eigenvalue weighted by Gasteiger charge is 2.26. The minimum atomic E-state index is 0.498. The van der Waals surface area contributed by atoms with Gasteiger partial charge in [0.15, 0.2) is 0 Å². The summed E-state index contributed by atoms with van der Waals surface area (Å²) in [6, 6.07) is 0.675. The van der Waals surface area contributed by atoms with E-state index in [4.69, 9.17) is 0 Å². The molecular formula is C17H36N2. The van der Waals surface area contributed by atoms with Gasteiger partial charge in [-0.2, -0.15) is 0 Å². The third-order valence-corrected chi connectivity index (χ3v) is 4.90. The monoisotopic (exact) mass is 268 g/mol. The Labute approximate surface area is 121 Å². The molecule has 1 aliphatic heterocycles. The van der Waals surface area contributed by atoms with Crippen molar-refractivity contribution in [2.24, 2.45) is 11.3 Å². The average Bonchev–Trinajstić information content (AvgIpc) is 2.59. The number of likely N-dealkylation sites (tertiary alicyclic amines) is 1. The smallest absolute Gasteiger partial charge is 0.00357 e. The van der Waals surface area contributed by atoms with E-state index in [1.165, 1.54) is 58.2 Å². The van der Waals surface area contributed by atoms with Gasteiger partial charge in [0.1, 0.15) is 0 Å². The Morgan fingerprint density at radius 2 is 1.89 bits per heavy atom. The van der Waals surface area contributed by atoms with E-state index in [1.54, 1.807) is 0 Å². The zero-order valence-corrected chi connectivity index (χ0v) is 14.0. The van der Waals surface area contributed by atoms with Crippen LogP contribution in [-0.2, 0) is 0 Å².